The van der Waals surface area contributed by atoms with E-state index in [0.717, 1.165) is 18.5 Å². The van der Waals surface area contributed by atoms with Gasteiger partial charge in [0.2, 0.25) is 0 Å². The van der Waals surface area contributed by atoms with Crippen molar-refractivity contribution in [1.82, 2.24) is 4.98 Å². The predicted molar refractivity (Wildman–Crippen MR) is 72.1 cm³/mol. The van der Waals surface area contributed by atoms with Crippen LogP contribution in [0.25, 0.3) is 0 Å². The minimum absolute atomic E-state index is 0.348. The first-order valence-electron chi connectivity index (χ1n) is 6.85. The van der Waals surface area contributed by atoms with Crippen LogP contribution in [0.1, 0.15) is 56.2 Å². The van der Waals surface area contributed by atoms with Crippen LogP contribution in [-0.4, -0.2) is 16.7 Å². The van der Waals surface area contributed by atoms with Crippen molar-refractivity contribution in [2.24, 2.45) is 0 Å². The summed E-state index contributed by atoms with van der Waals surface area (Å²) in [6.07, 6.45) is 11.8. The summed E-state index contributed by atoms with van der Waals surface area (Å²) in [4.78, 5) is 4.30. The van der Waals surface area contributed by atoms with E-state index < -0.39 is 0 Å². The Bertz CT molecular complexity index is 281. The fraction of sp³-hybridized carbons (Fsp3) is 0.667. The molecule has 0 bridgehead atoms. The second kappa shape index (κ2) is 9.17. The summed E-state index contributed by atoms with van der Waals surface area (Å²) in [6.45, 7) is 2.37. The van der Waals surface area contributed by atoms with Gasteiger partial charge in [-0.05, 0) is 37.8 Å². The molecule has 0 aromatic carbocycles. The van der Waals surface area contributed by atoms with E-state index in [0.29, 0.717) is 6.61 Å². The lowest BCUT2D eigenvalue weighted by Gasteiger charge is -2.02. The molecule has 1 heterocycles. The van der Waals surface area contributed by atoms with Gasteiger partial charge in [-0.3, -0.25) is 4.98 Å². The Hall–Kier alpha value is -0.890. The molecular weight excluding hydrogens is 210 g/mol. The van der Waals surface area contributed by atoms with Crippen LogP contribution in [0.4, 0.5) is 0 Å². The van der Waals surface area contributed by atoms with Crippen LogP contribution in [-0.2, 0) is 6.42 Å². The molecule has 2 nitrogen and oxygen atoms in total. The number of hydrogen-bond donors (Lipinski definition) is 1. The maximum atomic E-state index is 8.65. The number of aliphatic hydroxyl groups is 1. The van der Waals surface area contributed by atoms with E-state index in [1.54, 1.807) is 0 Å². The summed E-state index contributed by atoms with van der Waals surface area (Å²) < 4.78 is 0. The fourth-order valence-electron chi connectivity index (χ4n) is 1.97. The molecule has 0 aliphatic carbocycles. The summed E-state index contributed by atoms with van der Waals surface area (Å²) in [6, 6.07) is 4.27. The van der Waals surface area contributed by atoms with Crippen molar-refractivity contribution >= 4 is 0 Å². The first kappa shape index (κ1) is 14.2. The van der Waals surface area contributed by atoms with Crippen LogP contribution in [0.15, 0.2) is 18.3 Å². The summed E-state index contributed by atoms with van der Waals surface area (Å²) in [5.74, 6) is 0. The first-order chi connectivity index (χ1) is 8.33. The van der Waals surface area contributed by atoms with E-state index in [1.165, 1.54) is 44.1 Å². The monoisotopic (exact) mass is 235 g/mol. The summed E-state index contributed by atoms with van der Waals surface area (Å²) in [5, 5.41) is 8.65. The second-order valence-corrected chi connectivity index (χ2v) is 4.76. The summed E-state index contributed by atoms with van der Waals surface area (Å²) >= 11 is 0. The van der Waals surface area contributed by atoms with E-state index in [4.69, 9.17) is 5.11 Å². The maximum absolute atomic E-state index is 8.65. The molecule has 96 valence electrons. The predicted octanol–water partition coefficient (Wildman–Crippen LogP) is 3.66. The molecule has 0 saturated heterocycles. The van der Waals surface area contributed by atoms with E-state index in [9.17, 15) is 0 Å². The molecule has 0 aliphatic heterocycles. The zero-order chi connectivity index (χ0) is 12.3. The molecule has 1 rings (SSSR count). The Morgan fingerprint density at radius 2 is 1.59 bits per heavy atom. The van der Waals surface area contributed by atoms with Gasteiger partial charge in [-0.2, -0.15) is 0 Å². The average molecular weight is 235 g/mol. The van der Waals surface area contributed by atoms with E-state index in [2.05, 4.69) is 17.1 Å². The van der Waals surface area contributed by atoms with Gasteiger partial charge < -0.3 is 5.11 Å². The number of unbranched alkanes of at least 4 members (excludes halogenated alkanes) is 6. The third-order valence-corrected chi connectivity index (χ3v) is 3.10. The second-order valence-electron chi connectivity index (χ2n) is 4.76. The van der Waals surface area contributed by atoms with Crippen molar-refractivity contribution in [2.45, 2.75) is 58.3 Å². The van der Waals surface area contributed by atoms with Crippen molar-refractivity contribution in [3.05, 3.63) is 29.6 Å². The molecule has 1 N–H and O–H groups in total. The van der Waals surface area contributed by atoms with Crippen LogP contribution in [0.3, 0.4) is 0 Å². The van der Waals surface area contributed by atoms with Gasteiger partial charge in [0.15, 0.2) is 0 Å². The Balaban J connectivity index is 1.95. The molecule has 0 saturated carbocycles. The molecule has 1 aromatic heterocycles. The average Bonchev–Trinajstić information content (AvgIpc) is 2.35. The third kappa shape index (κ3) is 7.11. The molecular formula is C15H25NO. The number of rotatable bonds is 9. The van der Waals surface area contributed by atoms with Crippen molar-refractivity contribution in [1.29, 1.82) is 0 Å². The number of aliphatic hydroxyl groups excluding tert-OH is 1. The van der Waals surface area contributed by atoms with Crippen LogP contribution in [0, 0.1) is 6.92 Å². The highest BCUT2D eigenvalue weighted by Crippen LogP contribution is 2.10. The standard InChI is InChI=1S/C15H25NO/c1-14-10-11-15(13-16-14)9-7-5-3-2-4-6-8-12-17/h10-11,13,17H,2-9,12H2,1H3. The maximum Gasteiger partial charge on any atom is 0.0431 e. The van der Waals surface area contributed by atoms with Gasteiger partial charge in [0, 0.05) is 18.5 Å². The number of pyridine rings is 1. The van der Waals surface area contributed by atoms with Gasteiger partial charge in [-0.25, -0.2) is 0 Å². The number of aryl methyl sites for hydroxylation is 2. The number of aromatic nitrogens is 1. The fourth-order valence-corrected chi connectivity index (χ4v) is 1.97. The van der Waals surface area contributed by atoms with Crippen LogP contribution < -0.4 is 0 Å². The quantitative estimate of drug-likeness (QED) is 0.663. The van der Waals surface area contributed by atoms with Crippen LogP contribution in [0.2, 0.25) is 0 Å². The van der Waals surface area contributed by atoms with Gasteiger partial charge >= 0.3 is 0 Å². The highest BCUT2D eigenvalue weighted by Gasteiger charge is 1.95. The zero-order valence-corrected chi connectivity index (χ0v) is 11.0. The van der Waals surface area contributed by atoms with Gasteiger partial charge in [0.25, 0.3) is 0 Å². The van der Waals surface area contributed by atoms with E-state index >= 15 is 0 Å². The lowest BCUT2D eigenvalue weighted by Crippen LogP contribution is -1.89. The molecule has 0 spiro atoms. The van der Waals surface area contributed by atoms with Gasteiger partial charge in [-0.15, -0.1) is 0 Å². The molecule has 1 aromatic rings. The van der Waals surface area contributed by atoms with Crippen LogP contribution >= 0.6 is 0 Å². The normalized spacial score (nSPS) is 10.7. The first-order valence-corrected chi connectivity index (χ1v) is 6.85. The van der Waals surface area contributed by atoms with Gasteiger partial charge in [0.1, 0.15) is 0 Å². The number of nitrogens with zero attached hydrogens (tertiary/aromatic N) is 1. The van der Waals surface area contributed by atoms with E-state index in [1.807, 2.05) is 13.1 Å². The zero-order valence-electron chi connectivity index (χ0n) is 11.0. The molecule has 17 heavy (non-hydrogen) atoms. The molecule has 0 fully saturated rings. The van der Waals surface area contributed by atoms with Crippen molar-refractivity contribution in [3.8, 4) is 0 Å². The lowest BCUT2D eigenvalue weighted by atomic mass is 10.1. The highest BCUT2D eigenvalue weighted by atomic mass is 16.2. The minimum Gasteiger partial charge on any atom is -0.396 e. The largest absolute Gasteiger partial charge is 0.396 e. The topological polar surface area (TPSA) is 33.1 Å². The highest BCUT2D eigenvalue weighted by molar-refractivity contribution is 5.12. The SMILES string of the molecule is Cc1ccc(CCCCCCCCCO)cn1. The molecule has 2 heteroatoms. The van der Waals surface area contributed by atoms with Crippen molar-refractivity contribution in [3.63, 3.8) is 0 Å². The lowest BCUT2D eigenvalue weighted by molar-refractivity contribution is 0.282. The molecule has 0 aliphatic rings. The molecule has 0 unspecified atom stereocenters. The number of hydrogen-bond acceptors (Lipinski definition) is 2. The Labute approximate surface area is 105 Å². The van der Waals surface area contributed by atoms with Crippen LogP contribution in [0.5, 0.6) is 0 Å². The molecule has 0 radical (unpaired) electrons. The smallest absolute Gasteiger partial charge is 0.0431 e. The Morgan fingerprint density at radius 3 is 2.18 bits per heavy atom. The Morgan fingerprint density at radius 1 is 0.941 bits per heavy atom. The summed E-state index contributed by atoms with van der Waals surface area (Å²) in [5.41, 5.74) is 2.45. The van der Waals surface area contributed by atoms with Crippen molar-refractivity contribution < 1.29 is 5.11 Å². The van der Waals surface area contributed by atoms with E-state index in [-0.39, 0.29) is 0 Å². The molecule has 0 atom stereocenters. The Kier molecular flexibility index (Phi) is 7.65. The summed E-state index contributed by atoms with van der Waals surface area (Å²) in [7, 11) is 0. The molecule has 0 amide bonds. The van der Waals surface area contributed by atoms with Gasteiger partial charge in [0.05, 0.1) is 0 Å². The van der Waals surface area contributed by atoms with Crippen molar-refractivity contribution in [2.75, 3.05) is 6.61 Å². The third-order valence-electron chi connectivity index (χ3n) is 3.10. The minimum atomic E-state index is 0.348. The van der Waals surface area contributed by atoms with Gasteiger partial charge in [-0.1, -0.05) is 38.2 Å².